The Morgan fingerprint density at radius 1 is 1.33 bits per heavy atom. The molecule has 2 heteroatoms. The van der Waals surface area contributed by atoms with Crippen molar-refractivity contribution >= 4 is 0 Å². The number of nitrogens with one attached hydrogen (secondary N) is 1. The molecule has 1 aliphatic heterocycles. The van der Waals surface area contributed by atoms with Crippen LogP contribution in [0.2, 0.25) is 0 Å². The topological polar surface area (TPSA) is 12.0 Å². The normalized spacial score (nSPS) is 23.7. The van der Waals surface area contributed by atoms with Crippen LogP contribution in [0.15, 0.2) is 0 Å². The Morgan fingerprint density at radius 3 is 2.00 bits per heavy atom. The maximum absolute atomic E-state index is 3.32. The fourth-order valence-corrected chi connectivity index (χ4v) is 0.859. The van der Waals surface area contributed by atoms with E-state index in [9.17, 15) is 0 Å². The van der Waals surface area contributed by atoms with Gasteiger partial charge in [-0.1, -0.05) is 13.8 Å². The Labute approximate surface area is 83.9 Å². The Hall–Kier alpha value is 1.06. The van der Waals surface area contributed by atoms with Crippen LogP contribution in [0.25, 0.3) is 0 Å². The zero-order valence-electron chi connectivity index (χ0n) is 6.78. The molecule has 0 saturated carbocycles. The monoisotopic (exact) mass is 204 g/mol. The Bertz CT molecular complexity index is 42.2. The second kappa shape index (κ2) is 9.06. The first kappa shape index (κ1) is 12.7. The average molecular weight is 204 g/mol. The first-order chi connectivity index (χ1) is 3.89. The van der Waals surface area contributed by atoms with Crippen LogP contribution in [-0.2, 0) is 32.7 Å². The second-order valence-electron chi connectivity index (χ2n) is 2.00. The Balaban J connectivity index is 0. The van der Waals surface area contributed by atoms with Crippen LogP contribution in [0, 0.1) is 0 Å². The standard InChI is InChI=1S/C5H11N.C2H6.Y/c1-5-3-2-4-6-5;1-2;/h5-6H,2-4H2,1H3;1-2H3;. The van der Waals surface area contributed by atoms with Gasteiger partial charge in [0.1, 0.15) is 0 Å². The summed E-state index contributed by atoms with van der Waals surface area (Å²) < 4.78 is 0. The zero-order valence-corrected chi connectivity index (χ0v) is 9.61. The van der Waals surface area contributed by atoms with Crippen molar-refractivity contribution < 1.29 is 32.7 Å². The molecule has 0 aromatic carbocycles. The van der Waals surface area contributed by atoms with E-state index in [1.54, 1.807) is 0 Å². The van der Waals surface area contributed by atoms with E-state index in [1.807, 2.05) is 13.8 Å². The SMILES string of the molecule is CC.CC1CCCN1.[Y]. The first-order valence-corrected chi connectivity index (χ1v) is 3.63. The van der Waals surface area contributed by atoms with Crippen LogP contribution in [0.1, 0.15) is 33.6 Å². The summed E-state index contributed by atoms with van der Waals surface area (Å²) >= 11 is 0. The molecule has 1 nitrogen and oxygen atoms in total. The number of hydrogen-bond acceptors (Lipinski definition) is 1. The van der Waals surface area contributed by atoms with Crippen molar-refractivity contribution in [2.75, 3.05) is 6.54 Å². The predicted molar refractivity (Wildman–Crippen MR) is 38.0 cm³/mol. The number of hydrogen-bond donors (Lipinski definition) is 1. The van der Waals surface area contributed by atoms with Crippen molar-refractivity contribution in [1.82, 2.24) is 5.32 Å². The van der Waals surface area contributed by atoms with E-state index in [1.165, 1.54) is 19.4 Å². The third-order valence-electron chi connectivity index (χ3n) is 1.31. The second-order valence-corrected chi connectivity index (χ2v) is 2.00. The molecule has 0 spiro atoms. The van der Waals surface area contributed by atoms with Gasteiger partial charge in [0.25, 0.3) is 0 Å². The molecule has 0 aromatic rings. The Morgan fingerprint density at radius 2 is 1.89 bits per heavy atom. The molecule has 1 saturated heterocycles. The summed E-state index contributed by atoms with van der Waals surface area (Å²) in [5.41, 5.74) is 0. The van der Waals surface area contributed by atoms with Gasteiger partial charge in [-0.15, -0.1) is 0 Å². The Kier molecular flexibility index (Phi) is 12.8. The van der Waals surface area contributed by atoms with Crippen LogP contribution in [0.5, 0.6) is 0 Å². The fourth-order valence-electron chi connectivity index (χ4n) is 0.859. The molecule has 1 unspecified atom stereocenters. The van der Waals surface area contributed by atoms with E-state index in [0.29, 0.717) is 0 Å². The van der Waals surface area contributed by atoms with Gasteiger partial charge < -0.3 is 5.32 Å². The molecule has 0 aliphatic carbocycles. The molecule has 1 rings (SSSR count). The van der Waals surface area contributed by atoms with Gasteiger partial charge in [-0.25, -0.2) is 0 Å². The molecule has 1 fully saturated rings. The van der Waals surface area contributed by atoms with Gasteiger partial charge in [-0.05, 0) is 26.3 Å². The molecule has 1 heterocycles. The third kappa shape index (κ3) is 6.96. The van der Waals surface area contributed by atoms with Crippen molar-refractivity contribution in [1.29, 1.82) is 0 Å². The van der Waals surface area contributed by atoms with E-state index in [4.69, 9.17) is 0 Å². The molecular formula is C7H17NY. The molecule has 1 N–H and O–H groups in total. The maximum Gasteiger partial charge on any atom is 0.00391 e. The van der Waals surface area contributed by atoms with Crippen LogP contribution >= 0.6 is 0 Å². The molecule has 1 atom stereocenters. The van der Waals surface area contributed by atoms with E-state index in [0.717, 1.165) is 6.04 Å². The van der Waals surface area contributed by atoms with Crippen molar-refractivity contribution in [3.8, 4) is 0 Å². The predicted octanol–water partition coefficient (Wildman–Crippen LogP) is 1.78. The van der Waals surface area contributed by atoms with Crippen LogP contribution in [0.3, 0.4) is 0 Å². The summed E-state index contributed by atoms with van der Waals surface area (Å²) in [6.07, 6.45) is 2.75. The van der Waals surface area contributed by atoms with Gasteiger partial charge >= 0.3 is 0 Å². The molecule has 53 valence electrons. The van der Waals surface area contributed by atoms with Gasteiger partial charge in [0.05, 0.1) is 0 Å². The zero-order chi connectivity index (χ0) is 6.41. The summed E-state index contributed by atoms with van der Waals surface area (Å²) in [5.74, 6) is 0. The van der Waals surface area contributed by atoms with Crippen LogP contribution in [-0.4, -0.2) is 12.6 Å². The fraction of sp³-hybridized carbons (Fsp3) is 1.00. The van der Waals surface area contributed by atoms with E-state index in [2.05, 4.69) is 12.2 Å². The minimum atomic E-state index is 0. The molecule has 1 aliphatic rings. The molecule has 1 radical (unpaired) electrons. The van der Waals surface area contributed by atoms with E-state index in [-0.39, 0.29) is 32.7 Å². The van der Waals surface area contributed by atoms with E-state index >= 15 is 0 Å². The summed E-state index contributed by atoms with van der Waals surface area (Å²) in [6.45, 7) is 7.47. The van der Waals surface area contributed by atoms with Crippen LogP contribution < -0.4 is 5.32 Å². The summed E-state index contributed by atoms with van der Waals surface area (Å²) in [5, 5.41) is 3.32. The third-order valence-corrected chi connectivity index (χ3v) is 1.31. The number of rotatable bonds is 0. The molecule has 0 amide bonds. The van der Waals surface area contributed by atoms with Gasteiger partial charge in [0.2, 0.25) is 0 Å². The van der Waals surface area contributed by atoms with Crippen molar-refractivity contribution in [2.24, 2.45) is 0 Å². The molecule has 9 heavy (non-hydrogen) atoms. The van der Waals surface area contributed by atoms with Gasteiger partial charge in [0, 0.05) is 38.8 Å². The van der Waals surface area contributed by atoms with Crippen molar-refractivity contribution in [3.63, 3.8) is 0 Å². The quantitative estimate of drug-likeness (QED) is 0.634. The smallest absolute Gasteiger partial charge is 0.00391 e. The van der Waals surface area contributed by atoms with Gasteiger partial charge in [-0.2, -0.15) is 0 Å². The summed E-state index contributed by atoms with van der Waals surface area (Å²) in [6, 6.07) is 0.796. The van der Waals surface area contributed by atoms with Crippen molar-refractivity contribution in [2.45, 2.75) is 39.7 Å². The molecular weight excluding hydrogens is 187 g/mol. The first-order valence-electron chi connectivity index (χ1n) is 3.63. The van der Waals surface area contributed by atoms with Crippen LogP contribution in [0.4, 0.5) is 0 Å². The molecule has 0 bridgehead atoms. The van der Waals surface area contributed by atoms with Crippen molar-refractivity contribution in [3.05, 3.63) is 0 Å². The van der Waals surface area contributed by atoms with E-state index < -0.39 is 0 Å². The minimum absolute atomic E-state index is 0. The summed E-state index contributed by atoms with van der Waals surface area (Å²) in [4.78, 5) is 0. The van der Waals surface area contributed by atoms with Gasteiger partial charge in [-0.3, -0.25) is 0 Å². The van der Waals surface area contributed by atoms with Gasteiger partial charge in [0.15, 0.2) is 0 Å². The largest absolute Gasteiger partial charge is 0.314 e. The average Bonchev–Trinajstić information content (AvgIpc) is 2.24. The maximum atomic E-state index is 3.32. The summed E-state index contributed by atoms with van der Waals surface area (Å²) in [7, 11) is 0. The molecule has 0 aromatic heterocycles. The minimum Gasteiger partial charge on any atom is -0.314 e.